The van der Waals surface area contributed by atoms with Gasteiger partial charge in [0.1, 0.15) is 0 Å². The van der Waals surface area contributed by atoms with Crippen molar-refractivity contribution in [3.63, 3.8) is 0 Å². The fourth-order valence-electron chi connectivity index (χ4n) is 3.89. The zero-order valence-electron chi connectivity index (χ0n) is 14.0. The normalized spacial score (nSPS) is 26.7. The lowest BCUT2D eigenvalue weighted by Gasteiger charge is -2.42. The van der Waals surface area contributed by atoms with Gasteiger partial charge in [0.05, 0.1) is 0 Å². The average molecular weight is 282 g/mol. The fourth-order valence-corrected chi connectivity index (χ4v) is 3.89. The fraction of sp³-hybridized carbons (Fsp3) is 1.00. The Morgan fingerprint density at radius 2 is 1.35 bits per heavy atom. The third-order valence-corrected chi connectivity index (χ3v) is 6.01. The summed E-state index contributed by atoms with van der Waals surface area (Å²) < 4.78 is 11.2. The highest BCUT2D eigenvalue weighted by Gasteiger charge is 2.36. The van der Waals surface area contributed by atoms with E-state index in [1.54, 1.807) is 0 Å². The van der Waals surface area contributed by atoms with Crippen LogP contribution >= 0.6 is 0 Å². The quantitative estimate of drug-likeness (QED) is 0.729. The van der Waals surface area contributed by atoms with Crippen molar-refractivity contribution in [2.75, 3.05) is 26.4 Å². The molecule has 0 saturated carbocycles. The van der Waals surface area contributed by atoms with Crippen LogP contribution in [-0.4, -0.2) is 26.4 Å². The molecular weight excluding hydrogens is 248 g/mol. The molecule has 118 valence electrons. The highest BCUT2D eigenvalue weighted by Crippen LogP contribution is 2.44. The predicted molar refractivity (Wildman–Crippen MR) is 83.9 cm³/mol. The molecule has 0 aromatic carbocycles. The van der Waals surface area contributed by atoms with E-state index in [4.69, 9.17) is 9.47 Å². The van der Waals surface area contributed by atoms with Crippen LogP contribution in [0.15, 0.2) is 0 Å². The van der Waals surface area contributed by atoms with Crippen LogP contribution in [0.3, 0.4) is 0 Å². The van der Waals surface area contributed by atoms with E-state index in [2.05, 4.69) is 27.7 Å². The van der Waals surface area contributed by atoms with E-state index in [-0.39, 0.29) is 0 Å². The molecule has 0 N–H and O–H groups in total. The highest BCUT2D eigenvalue weighted by atomic mass is 16.5. The standard InChI is InChI=1S/C18H34O2/c1-17(2,15-7-12-19-13-8-15)9-10-18(3,4)16-6-5-11-20-14-16/h15-16H,5-14H2,1-4H3. The minimum absolute atomic E-state index is 0.420. The number of hydrogen-bond donors (Lipinski definition) is 0. The van der Waals surface area contributed by atoms with Crippen molar-refractivity contribution >= 4 is 0 Å². The van der Waals surface area contributed by atoms with Crippen LogP contribution in [0.4, 0.5) is 0 Å². The summed E-state index contributed by atoms with van der Waals surface area (Å²) in [6.07, 6.45) is 7.76. The summed E-state index contributed by atoms with van der Waals surface area (Å²) in [6.45, 7) is 13.7. The van der Waals surface area contributed by atoms with E-state index in [1.807, 2.05) is 0 Å². The van der Waals surface area contributed by atoms with Gasteiger partial charge in [-0.3, -0.25) is 0 Å². The summed E-state index contributed by atoms with van der Waals surface area (Å²) in [5, 5.41) is 0. The number of hydrogen-bond acceptors (Lipinski definition) is 2. The Bertz CT molecular complexity index is 254. The van der Waals surface area contributed by atoms with Crippen LogP contribution in [0.5, 0.6) is 0 Å². The zero-order chi connectivity index (χ0) is 14.6. The minimum Gasteiger partial charge on any atom is -0.381 e. The maximum absolute atomic E-state index is 5.70. The second-order valence-electron chi connectivity index (χ2n) is 8.28. The molecule has 2 aliphatic heterocycles. The van der Waals surface area contributed by atoms with Gasteiger partial charge < -0.3 is 9.47 Å². The van der Waals surface area contributed by atoms with Crippen molar-refractivity contribution < 1.29 is 9.47 Å². The second-order valence-corrected chi connectivity index (χ2v) is 8.28. The molecule has 0 bridgehead atoms. The van der Waals surface area contributed by atoms with Gasteiger partial charge in [0.2, 0.25) is 0 Å². The van der Waals surface area contributed by atoms with Crippen LogP contribution in [0, 0.1) is 22.7 Å². The zero-order valence-corrected chi connectivity index (χ0v) is 14.0. The van der Waals surface area contributed by atoms with Gasteiger partial charge in [0.25, 0.3) is 0 Å². The molecule has 2 aliphatic rings. The van der Waals surface area contributed by atoms with Gasteiger partial charge in [0.15, 0.2) is 0 Å². The third-order valence-electron chi connectivity index (χ3n) is 6.01. The maximum Gasteiger partial charge on any atom is 0.0499 e. The Hall–Kier alpha value is -0.0800. The molecule has 2 fully saturated rings. The monoisotopic (exact) mass is 282 g/mol. The van der Waals surface area contributed by atoms with Crippen molar-refractivity contribution in [3.8, 4) is 0 Å². The lowest BCUT2D eigenvalue weighted by Crippen LogP contribution is -2.35. The molecule has 2 heterocycles. The summed E-state index contributed by atoms with van der Waals surface area (Å²) >= 11 is 0. The molecule has 0 aliphatic carbocycles. The molecule has 1 atom stereocenters. The smallest absolute Gasteiger partial charge is 0.0499 e. The molecule has 20 heavy (non-hydrogen) atoms. The van der Waals surface area contributed by atoms with Crippen LogP contribution in [-0.2, 0) is 9.47 Å². The number of ether oxygens (including phenoxy) is 2. The van der Waals surface area contributed by atoms with Crippen LogP contribution < -0.4 is 0 Å². The van der Waals surface area contributed by atoms with Crippen molar-refractivity contribution in [1.82, 2.24) is 0 Å². The molecule has 1 unspecified atom stereocenters. The molecule has 0 radical (unpaired) electrons. The van der Waals surface area contributed by atoms with Crippen LogP contribution in [0.25, 0.3) is 0 Å². The molecule has 2 heteroatoms. The summed E-state index contributed by atoms with van der Waals surface area (Å²) in [5.74, 6) is 1.59. The van der Waals surface area contributed by atoms with E-state index >= 15 is 0 Å². The third kappa shape index (κ3) is 4.21. The Balaban J connectivity index is 1.85. The summed E-state index contributed by atoms with van der Waals surface area (Å²) in [6, 6.07) is 0. The van der Waals surface area contributed by atoms with Gasteiger partial charge >= 0.3 is 0 Å². The summed E-state index contributed by atoms with van der Waals surface area (Å²) in [7, 11) is 0. The van der Waals surface area contributed by atoms with E-state index in [9.17, 15) is 0 Å². The average Bonchev–Trinajstić information content (AvgIpc) is 2.47. The molecule has 2 saturated heterocycles. The predicted octanol–water partition coefficient (Wildman–Crippen LogP) is 4.67. The van der Waals surface area contributed by atoms with Gasteiger partial charge in [-0.2, -0.15) is 0 Å². The molecular formula is C18H34O2. The van der Waals surface area contributed by atoms with Crippen molar-refractivity contribution in [1.29, 1.82) is 0 Å². The summed E-state index contributed by atoms with van der Waals surface area (Å²) in [4.78, 5) is 0. The molecule has 0 spiro atoms. The van der Waals surface area contributed by atoms with Crippen LogP contribution in [0.2, 0.25) is 0 Å². The number of rotatable bonds is 5. The Morgan fingerprint density at radius 3 is 1.90 bits per heavy atom. The summed E-state index contributed by atoms with van der Waals surface area (Å²) in [5.41, 5.74) is 0.874. The lowest BCUT2D eigenvalue weighted by molar-refractivity contribution is -0.0140. The van der Waals surface area contributed by atoms with Crippen molar-refractivity contribution in [2.24, 2.45) is 22.7 Å². The molecule has 0 amide bonds. The topological polar surface area (TPSA) is 18.5 Å². The molecule has 2 nitrogen and oxygen atoms in total. The SMILES string of the molecule is CC(C)(CCC(C)(C)C1CCCOC1)C1CCOCC1. The first-order valence-corrected chi connectivity index (χ1v) is 8.57. The van der Waals surface area contributed by atoms with E-state index in [0.717, 1.165) is 38.3 Å². The second kappa shape index (κ2) is 6.79. The Labute approximate surface area is 125 Å². The maximum atomic E-state index is 5.70. The Morgan fingerprint density at radius 1 is 0.750 bits per heavy atom. The Kier molecular flexibility index (Phi) is 5.53. The van der Waals surface area contributed by atoms with Gasteiger partial charge in [-0.15, -0.1) is 0 Å². The minimum atomic E-state index is 0.420. The van der Waals surface area contributed by atoms with E-state index in [1.165, 1.54) is 38.5 Å². The van der Waals surface area contributed by atoms with Gasteiger partial charge in [0, 0.05) is 26.4 Å². The molecule has 0 aromatic rings. The van der Waals surface area contributed by atoms with Gasteiger partial charge in [-0.1, -0.05) is 27.7 Å². The highest BCUT2D eigenvalue weighted by molar-refractivity contribution is 4.86. The van der Waals surface area contributed by atoms with Crippen LogP contribution in [0.1, 0.15) is 66.2 Å². The first kappa shape index (κ1) is 16.3. The van der Waals surface area contributed by atoms with Crippen molar-refractivity contribution in [2.45, 2.75) is 66.2 Å². The molecule has 0 aromatic heterocycles. The first-order valence-electron chi connectivity index (χ1n) is 8.57. The van der Waals surface area contributed by atoms with Gasteiger partial charge in [-0.05, 0) is 61.2 Å². The molecule has 2 rings (SSSR count). The van der Waals surface area contributed by atoms with Crippen molar-refractivity contribution in [3.05, 3.63) is 0 Å². The van der Waals surface area contributed by atoms with Gasteiger partial charge in [-0.25, -0.2) is 0 Å². The lowest BCUT2D eigenvalue weighted by atomic mass is 9.66. The van der Waals surface area contributed by atoms with E-state index < -0.39 is 0 Å². The first-order chi connectivity index (χ1) is 9.42. The largest absolute Gasteiger partial charge is 0.381 e. The van der Waals surface area contributed by atoms with E-state index in [0.29, 0.717) is 10.8 Å².